The van der Waals surface area contributed by atoms with Gasteiger partial charge < -0.3 is 0 Å². The first-order valence-electron chi connectivity index (χ1n) is 4.86. The Kier molecular flexibility index (Phi) is 6.99. The van der Waals surface area contributed by atoms with Crippen molar-refractivity contribution in [2.45, 2.75) is 33.5 Å². The van der Waals surface area contributed by atoms with Crippen molar-refractivity contribution in [3.63, 3.8) is 0 Å². The lowest BCUT2D eigenvalue weighted by atomic mass is 10.9. The van der Waals surface area contributed by atoms with Gasteiger partial charge in [0, 0.05) is 0 Å². The summed E-state index contributed by atoms with van der Waals surface area (Å²) in [5, 5.41) is 0. The fourth-order valence-corrected chi connectivity index (χ4v) is 6.77. The van der Waals surface area contributed by atoms with Crippen molar-refractivity contribution in [2.75, 3.05) is 24.2 Å². The second kappa shape index (κ2) is 6.45. The van der Waals surface area contributed by atoms with Crippen LogP contribution >= 0.6 is 19.1 Å². The number of hydrogen-bond donors (Lipinski definition) is 0. The normalized spacial score (nSPS) is 12.5. The lowest BCUT2D eigenvalue weighted by molar-refractivity contribution is 1.36. The van der Waals surface area contributed by atoms with Crippen LogP contribution in [0.3, 0.4) is 0 Å². The van der Waals surface area contributed by atoms with Gasteiger partial charge in [0.1, 0.15) is 7.22 Å². The second-order valence-corrected chi connectivity index (χ2v) is 16.5. The minimum Gasteiger partial charge on any atom is -0.186 e. The van der Waals surface area contributed by atoms with E-state index in [1.54, 1.807) is 0 Å². The Morgan fingerprint density at radius 3 is 1.92 bits per heavy atom. The first-order chi connectivity index (χ1) is 5.49. The summed E-state index contributed by atoms with van der Waals surface area (Å²) in [5.41, 5.74) is 0. The van der Waals surface area contributed by atoms with Crippen LogP contribution in [0, 0.1) is 0 Å². The molecule has 0 spiro atoms. The SMILES string of the molecule is CCP(CC)CCS[Si](C)(C)C. The maximum Gasteiger partial charge on any atom is 0.108 e. The molecule has 0 amide bonds. The molecule has 0 N–H and O–H groups in total. The molecule has 0 bridgehead atoms. The Morgan fingerprint density at radius 2 is 1.58 bits per heavy atom. The average Bonchev–Trinajstić information content (AvgIpc) is 1.96. The molecule has 0 aliphatic heterocycles. The first-order valence-corrected chi connectivity index (χ1v) is 12.0. The van der Waals surface area contributed by atoms with Crippen molar-refractivity contribution in [3.8, 4) is 0 Å². The highest BCUT2D eigenvalue weighted by molar-refractivity contribution is 8.28. The molecular weight excluding hydrogens is 199 g/mol. The minimum atomic E-state index is -0.823. The average molecular weight is 222 g/mol. The number of hydrogen-bond acceptors (Lipinski definition) is 1. The third-order valence-corrected chi connectivity index (χ3v) is 9.27. The van der Waals surface area contributed by atoms with Gasteiger partial charge in [0.25, 0.3) is 0 Å². The quantitative estimate of drug-likeness (QED) is 0.482. The van der Waals surface area contributed by atoms with Gasteiger partial charge in [0.2, 0.25) is 0 Å². The summed E-state index contributed by atoms with van der Waals surface area (Å²) in [5.74, 6) is 1.42. The molecule has 0 aliphatic rings. The van der Waals surface area contributed by atoms with Crippen molar-refractivity contribution in [1.82, 2.24) is 0 Å². The molecule has 0 fully saturated rings. The maximum absolute atomic E-state index is 2.44. The van der Waals surface area contributed by atoms with Gasteiger partial charge in [-0.25, -0.2) is 0 Å². The molecule has 0 nitrogen and oxygen atoms in total. The molecule has 0 unspecified atom stereocenters. The van der Waals surface area contributed by atoms with E-state index in [-0.39, 0.29) is 0 Å². The van der Waals surface area contributed by atoms with Crippen molar-refractivity contribution in [1.29, 1.82) is 0 Å². The van der Waals surface area contributed by atoms with Crippen LogP contribution in [0.1, 0.15) is 13.8 Å². The fourth-order valence-electron chi connectivity index (χ4n) is 1.02. The van der Waals surface area contributed by atoms with Crippen molar-refractivity contribution < 1.29 is 0 Å². The maximum atomic E-state index is 2.44. The van der Waals surface area contributed by atoms with E-state index in [4.69, 9.17) is 0 Å². The van der Waals surface area contributed by atoms with E-state index in [9.17, 15) is 0 Å². The zero-order chi connectivity index (χ0) is 9.61. The highest BCUT2D eigenvalue weighted by Crippen LogP contribution is 2.35. The van der Waals surface area contributed by atoms with Crippen LogP contribution in [-0.2, 0) is 0 Å². The summed E-state index contributed by atoms with van der Waals surface area (Å²) in [6.45, 7) is 12.0. The lowest BCUT2D eigenvalue weighted by Crippen LogP contribution is -2.15. The third-order valence-electron chi connectivity index (χ3n) is 1.84. The first kappa shape index (κ1) is 13.0. The van der Waals surface area contributed by atoms with Gasteiger partial charge in [0.05, 0.1) is 0 Å². The Bertz CT molecular complexity index is 108. The topological polar surface area (TPSA) is 0 Å². The van der Waals surface area contributed by atoms with Crippen LogP contribution in [0.25, 0.3) is 0 Å². The monoisotopic (exact) mass is 222 g/mol. The van der Waals surface area contributed by atoms with Crippen LogP contribution in [0.15, 0.2) is 0 Å². The molecule has 0 aliphatic carbocycles. The molecule has 0 atom stereocenters. The Labute approximate surface area is 84.3 Å². The molecule has 74 valence electrons. The summed E-state index contributed by atoms with van der Waals surface area (Å²) < 4.78 is 0. The van der Waals surface area contributed by atoms with E-state index in [0.717, 1.165) is 0 Å². The van der Waals surface area contributed by atoms with E-state index in [0.29, 0.717) is 7.92 Å². The molecule has 0 heterocycles. The molecule has 0 saturated carbocycles. The smallest absolute Gasteiger partial charge is 0.108 e. The standard InChI is InChI=1S/C9H23PSSi/c1-6-10(7-2)8-9-11-12(3,4)5/h6-9H2,1-5H3. The number of rotatable bonds is 6. The summed E-state index contributed by atoms with van der Waals surface area (Å²) in [6.07, 6.45) is 4.35. The summed E-state index contributed by atoms with van der Waals surface area (Å²) in [7, 11) is -0.430. The zero-order valence-electron chi connectivity index (χ0n) is 9.18. The minimum absolute atomic E-state index is 0.392. The fraction of sp³-hybridized carbons (Fsp3) is 1.00. The van der Waals surface area contributed by atoms with Crippen LogP contribution in [0.2, 0.25) is 19.6 Å². The van der Waals surface area contributed by atoms with Gasteiger partial charge in [0.15, 0.2) is 0 Å². The zero-order valence-corrected chi connectivity index (χ0v) is 11.9. The predicted molar refractivity (Wildman–Crippen MR) is 68.7 cm³/mol. The molecule has 0 aromatic carbocycles. The van der Waals surface area contributed by atoms with Crippen molar-refractivity contribution in [2.24, 2.45) is 0 Å². The van der Waals surface area contributed by atoms with Crippen LogP contribution in [-0.4, -0.2) is 31.5 Å². The van der Waals surface area contributed by atoms with Gasteiger partial charge in [-0.05, 0) is 24.2 Å². The van der Waals surface area contributed by atoms with Gasteiger partial charge in [-0.1, -0.05) is 33.5 Å². The summed E-state index contributed by atoms with van der Waals surface area (Å²) in [6, 6.07) is 0. The third kappa shape index (κ3) is 7.64. The van der Waals surface area contributed by atoms with Gasteiger partial charge in [-0.2, -0.15) is 11.2 Å². The lowest BCUT2D eigenvalue weighted by Gasteiger charge is -2.18. The van der Waals surface area contributed by atoms with E-state index >= 15 is 0 Å². The Hall–Kier alpha value is 0.997. The van der Waals surface area contributed by atoms with Crippen molar-refractivity contribution >= 4 is 26.4 Å². The summed E-state index contributed by atoms with van der Waals surface area (Å²) >= 11 is 2.25. The van der Waals surface area contributed by atoms with Crippen LogP contribution < -0.4 is 0 Å². The largest absolute Gasteiger partial charge is 0.186 e. The van der Waals surface area contributed by atoms with E-state index in [1.807, 2.05) is 0 Å². The van der Waals surface area contributed by atoms with E-state index in [2.05, 4.69) is 44.7 Å². The highest BCUT2D eigenvalue weighted by atomic mass is 32.4. The van der Waals surface area contributed by atoms with Gasteiger partial charge in [-0.15, -0.1) is 7.92 Å². The Morgan fingerprint density at radius 1 is 1.08 bits per heavy atom. The van der Waals surface area contributed by atoms with E-state index < -0.39 is 7.22 Å². The molecular formula is C9H23PSSi. The van der Waals surface area contributed by atoms with E-state index in [1.165, 1.54) is 24.2 Å². The van der Waals surface area contributed by atoms with Gasteiger partial charge in [-0.3, -0.25) is 0 Å². The Balaban J connectivity index is 3.41. The van der Waals surface area contributed by atoms with Gasteiger partial charge >= 0.3 is 0 Å². The second-order valence-electron chi connectivity index (χ2n) is 3.99. The van der Waals surface area contributed by atoms with Crippen LogP contribution in [0.5, 0.6) is 0 Å². The molecule has 0 rings (SSSR count). The molecule has 0 saturated heterocycles. The summed E-state index contributed by atoms with van der Waals surface area (Å²) in [4.78, 5) is 0. The van der Waals surface area contributed by atoms with Crippen molar-refractivity contribution in [3.05, 3.63) is 0 Å². The highest BCUT2D eigenvalue weighted by Gasteiger charge is 2.13. The molecule has 0 aromatic rings. The van der Waals surface area contributed by atoms with Crippen LogP contribution in [0.4, 0.5) is 0 Å². The molecule has 0 aromatic heterocycles. The molecule has 3 heteroatoms. The predicted octanol–water partition coefficient (Wildman–Crippen LogP) is 4.08. The molecule has 12 heavy (non-hydrogen) atoms. The molecule has 0 radical (unpaired) electrons.